The fraction of sp³-hybridized carbons (Fsp3) is 1.00. The number of hydrogen-bond donors (Lipinski definition) is 1. The molecule has 0 spiro atoms. The summed E-state index contributed by atoms with van der Waals surface area (Å²) in [5.74, 6) is 1.56. The van der Waals surface area contributed by atoms with Crippen molar-refractivity contribution in [2.75, 3.05) is 20.2 Å². The first-order valence-electron chi connectivity index (χ1n) is 9.54. The fourth-order valence-electron chi connectivity index (χ4n) is 3.91. The lowest BCUT2D eigenvalue weighted by molar-refractivity contribution is -0.0801. The van der Waals surface area contributed by atoms with Gasteiger partial charge in [-0.2, -0.15) is 0 Å². The highest BCUT2D eigenvalue weighted by Gasteiger charge is 2.43. The molecule has 22 heavy (non-hydrogen) atoms. The van der Waals surface area contributed by atoms with E-state index in [1.54, 1.807) is 0 Å². The summed E-state index contributed by atoms with van der Waals surface area (Å²) in [4.78, 5) is 0. The van der Waals surface area contributed by atoms with E-state index < -0.39 is 0 Å². The summed E-state index contributed by atoms with van der Waals surface area (Å²) in [6, 6.07) is 0. The van der Waals surface area contributed by atoms with Gasteiger partial charge in [0.15, 0.2) is 0 Å². The summed E-state index contributed by atoms with van der Waals surface area (Å²) < 4.78 is 6.34. The van der Waals surface area contributed by atoms with Gasteiger partial charge in [0.1, 0.15) is 0 Å². The van der Waals surface area contributed by atoms with E-state index in [1.807, 2.05) is 7.05 Å². The molecule has 0 aromatic carbocycles. The van der Waals surface area contributed by atoms with E-state index in [-0.39, 0.29) is 0 Å². The van der Waals surface area contributed by atoms with Crippen LogP contribution in [-0.4, -0.2) is 26.3 Å². The van der Waals surface area contributed by atoms with Gasteiger partial charge in [-0.25, -0.2) is 0 Å². The minimum absolute atomic E-state index is 0.385. The molecule has 0 bridgehead atoms. The second-order valence-electron chi connectivity index (χ2n) is 8.67. The van der Waals surface area contributed by atoms with E-state index in [1.165, 1.54) is 32.1 Å². The van der Waals surface area contributed by atoms with Crippen molar-refractivity contribution in [3.8, 4) is 0 Å². The van der Waals surface area contributed by atoms with E-state index in [2.05, 4.69) is 46.9 Å². The van der Waals surface area contributed by atoms with Crippen molar-refractivity contribution >= 4 is 0 Å². The molecule has 0 saturated heterocycles. The molecular weight excluding hydrogens is 270 g/mol. The molecule has 132 valence electrons. The highest BCUT2D eigenvalue weighted by atomic mass is 16.5. The third-order valence-corrected chi connectivity index (χ3v) is 6.62. The lowest BCUT2D eigenvalue weighted by Crippen LogP contribution is -2.43. The molecule has 1 rings (SSSR count). The molecule has 1 fully saturated rings. The van der Waals surface area contributed by atoms with E-state index in [0.717, 1.165) is 25.5 Å². The van der Waals surface area contributed by atoms with E-state index in [4.69, 9.17) is 4.74 Å². The first kappa shape index (κ1) is 20.0. The number of ether oxygens (including phenoxy) is 1. The largest absolute Gasteiger partial charge is 0.378 e. The molecule has 1 saturated carbocycles. The Morgan fingerprint density at radius 1 is 1.00 bits per heavy atom. The normalized spacial score (nSPS) is 27.1. The van der Waals surface area contributed by atoms with Crippen molar-refractivity contribution in [1.29, 1.82) is 0 Å². The summed E-state index contributed by atoms with van der Waals surface area (Å²) in [7, 11) is 2.01. The standard InChI is InChI=1S/C20H41NO/c1-8-19(3,4)16-11-12-18(22-14-10-13-21-7)17(15-16)20(5,6)9-2/h16-18,21H,8-15H2,1-7H3. The minimum Gasteiger partial charge on any atom is -0.378 e. The molecule has 1 N–H and O–H groups in total. The Morgan fingerprint density at radius 2 is 1.64 bits per heavy atom. The lowest BCUT2D eigenvalue weighted by Gasteiger charge is -2.48. The lowest BCUT2D eigenvalue weighted by atomic mass is 9.60. The topological polar surface area (TPSA) is 21.3 Å². The summed E-state index contributed by atoms with van der Waals surface area (Å²) >= 11 is 0. The molecule has 0 heterocycles. The number of rotatable bonds is 9. The Kier molecular flexibility index (Phi) is 7.88. The molecule has 1 aliphatic carbocycles. The predicted molar refractivity (Wildman–Crippen MR) is 97.3 cm³/mol. The van der Waals surface area contributed by atoms with Crippen LogP contribution in [0.15, 0.2) is 0 Å². The van der Waals surface area contributed by atoms with Gasteiger partial charge in [0.25, 0.3) is 0 Å². The molecule has 2 heteroatoms. The predicted octanol–water partition coefficient (Wildman–Crippen LogP) is 5.27. The van der Waals surface area contributed by atoms with E-state index in [9.17, 15) is 0 Å². The molecule has 3 unspecified atom stereocenters. The number of nitrogens with one attached hydrogen (secondary N) is 1. The zero-order chi connectivity index (χ0) is 16.8. The maximum Gasteiger partial charge on any atom is 0.0608 e. The summed E-state index contributed by atoms with van der Waals surface area (Å²) in [5, 5.41) is 3.21. The van der Waals surface area contributed by atoms with Gasteiger partial charge in [-0.15, -0.1) is 0 Å². The van der Waals surface area contributed by atoms with Crippen molar-refractivity contribution in [1.82, 2.24) is 5.32 Å². The van der Waals surface area contributed by atoms with Crippen LogP contribution in [0.3, 0.4) is 0 Å². The molecule has 0 aliphatic heterocycles. The summed E-state index contributed by atoms with van der Waals surface area (Å²) in [6.45, 7) is 16.5. The van der Waals surface area contributed by atoms with Crippen molar-refractivity contribution < 1.29 is 4.74 Å². The Balaban J connectivity index is 2.73. The quantitative estimate of drug-likeness (QED) is 0.586. The summed E-state index contributed by atoms with van der Waals surface area (Å²) in [6.07, 6.45) is 8.05. The van der Waals surface area contributed by atoms with Crippen molar-refractivity contribution in [2.24, 2.45) is 22.7 Å². The molecule has 0 amide bonds. The molecular formula is C20H41NO. The Morgan fingerprint density at radius 3 is 2.18 bits per heavy atom. The number of hydrogen-bond acceptors (Lipinski definition) is 2. The molecule has 0 radical (unpaired) electrons. The Bertz CT molecular complexity index is 311. The van der Waals surface area contributed by atoms with Crippen LogP contribution in [0.1, 0.15) is 80.1 Å². The highest BCUT2D eigenvalue weighted by Crippen LogP contribution is 2.49. The Hall–Kier alpha value is -0.0800. The molecule has 0 aromatic heterocycles. The average molecular weight is 312 g/mol. The zero-order valence-electron chi connectivity index (χ0n) is 16.3. The summed E-state index contributed by atoms with van der Waals surface area (Å²) in [5.41, 5.74) is 0.856. The second-order valence-corrected chi connectivity index (χ2v) is 8.67. The van der Waals surface area contributed by atoms with Crippen LogP contribution in [-0.2, 0) is 4.74 Å². The van der Waals surface area contributed by atoms with Crippen LogP contribution in [0, 0.1) is 22.7 Å². The first-order valence-corrected chi connectivity index (χ1v) is 9.54. The first-order chi connectivity index (χ1) is 10.3. The van der Waals surface area contributed by atoms with Crippen LogP contribution in [0.5, 0.6) is 0 Å². The van der Waals surface area contributed by atoms with Gasteiger partial charge >= 0.3 is 0 Å². The van der Waals surface area contributed by atoms with E-state index >= 15 is 0 Å². The van der Waals surface area contributed by atoms with E-state index in [0.29, 0.717) is 22.9 Å². The van der Waals surface area contributed by atoms with Crippen LogP contribution in [0.2, 0.25) is 0 Å². The minimum atomic E-state index is 0.385. The van der Waals surface area contributed by atoms with Gasteiger partial charge in [-0.05, 0) is 61.9 Å². The van der Waals surface area contributed by atoms with Gasteiger partial charge in [0, 0.05) is 6.61 Å². The smallest absolute Gasteiger partial charge is 0.0608 e. The molecule has 3 atom stereocenters. The van der Waals surface area contributed by atoms with Gasteiger partial charge in [-0.1, -0.05) is 54.4 Å². The van der Waals surface area contributed by atoms with Crippen LogP contribution >= 0.6 is 0 Å². The van der Waals surface area contributed by atoms with Gasteiger partial charge in [-0.3, -0.25) is 0 Å². The molecule has 0 aromatic rings. The third-order valence-electron chi connectivity index (χ3n) is 6.62. The van der Waals surface area contributed by atoms with Crippen molar-refractivity contribution in [3.63, 3.8) is 0 Å². The van der Waals surface area contributed by atoms with Crippen LogP contribution in [0.4, 0.5) is 0 Å². The maximum absolute atomic E-state index is 6.34. The molecule has 1 aliphatic rings. The second kappa shape index (κ2) is 8.68. The molecule has 2 nitrogen and oxygen atoms in total. The van der Waals surface area contributed by atoms with Gasteiger partial charge < -0.3 is 10.1 Å². The third kappa shape index (κ3) is 5.23. The van der Waals surface area contributed by atoms with Gasteiger partial charge in [0.05, 0.1) is 6.10 Å². The average Bonchev–Trinajstić information content (AvgIpc) is 2.51. The van der Waals surface area contributed by atoms with Crippen LogP contribution < -0.4 is 5.32 Å². The Labute approximate surface area is 139 Å². The van der Waals surface area contributed by atoms with Crippen molar-refractivity contribution in [3.05, 3.63) is 0 Å². The fourth-order valence-corrected chi connectivity index (χ4v) is 3.91. The SMILES string of the molecule is CCC(C)(C)C1CCC(OCCCNC)C(C(C)(C)CC)C1. The highest BCUT2D eigenvalue weighted by molar-refractivity contribution is 4.93. The maximum atomic E-state index is 6.34. The van der Waals surface area contributed by atoms with Crippen LogP contribution in [0.25, 0.3) is 0 Å². The monoisotopic (exact) mass is 311 g/mol. The zero-order valence-corrected chi connectivity index (χ0v) is 16.3. The van der Waals surface area contributed by atoms with Crippen molar-refractivity contribution in [2.45, 2.75) is 86.2 Å². The van der Waals surface area contributed by atoms with Gasteiger partial charge in [0.2, 0.25) is 0 Å².